The molecule has 0 spiro atoms. The first-order valence-electron chi connectivity index (χ1n) is 28.1. The van der Waals surface area contributed by atoms with Gasteiger partial charge in [0.15, 0.2) is 5.75 Å². The molecule has 2 amide bonds. The number of benzene rings is 5. The Labute approximate surface area is 472 Å². The fourth-order valence-corrected chi connectivity index (χ4v) is 12.2. The van der Waals surface area contributed by atoms with Crippen molar-refractivity contribution in [2.75, 3.05) is 44.4 Å². The average molecular weight is 1120 g/mol. The number of carbonyl (C=O) groups excluding carboxylic acids is 2. The standard InChI is InChI=1S/C62H64F2N10O8/c1-4-45-50(64)18-17-39-23-42(76)25-47(54(39)45)55-58(56-48(28-66-55)59(72-29-40-24-41(72)27-65-40)69-62(68-56)82-44-19-21-80-22-20-44)81-33-35-9-11-37(12-10-35)51-31-74(71-70-51)57(34(2)3)61(79)73-30-43(77)26-53(73)60(78)67-52(32-75)38-15-13-36(14-16-38)46-7-5-6-8-49(46)63/h5-18,23,25,28,31,34,40-41,43-44,52-53,57,65,75-77H,4,19-22,24,26-27,29-30,32-33H2,1-3H3,(H,67,78)/t40-,41-,43+,52-,53-,57-/m0/s1. The number of amides is 2. The van der Waals surface area contributed by atoms with Crippen molar-refractivity contribution < 1.29 is 47.9 Å². The predicted molar refractivity (Wildman–Crippen MR) is 303 cm³/mol. The second-order valence-electron chi connectivity index (χ2n) is 22.1. The summed E-state index contributed by atoms with van der Waals surface area (Å²) in [5.74, 6) is -1.05. The van der Waals surface area contributed by atoms with E-state index in [1.54, 1.807) is 73.1 Å². The normalized spacial score (nSPS) is 19.8. The molecular weight excluding hydrogens is 1050 g/mol. The van der Waals surface area contributed by atoms with Crippen molar-refractivity contribution in [2.45, 2.75) is 102 Å². The third kappa shape index (κ3) is 10.7. The zero-order valence-corrected chi connectivity index (χ0v) is 45.7. The molecule has 8 aromatic rings. The number of anilines is 1. The van der Waals surface area contributed by atoms with Crippen LogP contribution in [0, 0.1) is 17.6 Å². The van der Waals surface area contributed by atoms with Gasteiger partial charge in [0, 0.05) is 73.9 Å². The van der Waals surface area contributed by atoms with Gasteiger partial charge in [-0.1, -0.05) is 98.8 Å². The number of carbonyl (C=O) groups is 2. The molecule has 0 aliphatic carbocycles. The maximum absolute atomic E-state index is 15.7. The van der Waals surface area contributed by atoms with Crippen molar-refractivity contribution in [1.29, 1.82) is 0 Å². The monoisotopic (exact) mass is 1110 g/mol. The van der Waals surface area contributed by atoms with E-state index in [9.17, 15) is 29.3 Å². The number of pyridine rings is 1. The number of phenolic OH excluding ortho intramolecular Hbond substituents is 1. The van der Waals surface area contributed by atoms with Gasteiger partial charge in [0.05, 0.1) is 43.5 Å². The number of fused-ring (bicyclic) bond motifs is 4. The number of hydrogen-bond acceptors (Lipinski definition) is 15. The quantitative estimate of drug-likeness (QED) is 0.0583. The minimum atomic E-state index is -1.04. The van der Waals surface area contributed by atoms with Crippen LogP contribution in [-0.2, 0) is 27.4 Å². The zero-order valence-electron chi connectivity index (χ0n) is 45.7. The van der Waals surface area contributed by atoms with Crippen LogP contribution in [0.25, 0.3) is 55.3 Å². The molecule has 20 heteroatoms. The van der Waals surface area contributed by atoms with Crippen molar-refractivity contribution >= 4 is 39.3 Å². The summed E-state index contributed by atoms with van der Waals surface area (Å²) in [4.78, 5) is 47.5. The van der Waals surface area contributed by atoms with Crippen LogP contribution in [0.3, 0.4) is 0 Å². The number of aromatic hydroxyl groups is 1. The van der Waals surface area contributed by atoms with E-state index in [4.69, 9.17) is 29.2 Å². The van der Waals surface area contributed by atoms with Crippen LogP contribution >= 0.6 is 0 Å². The highest BCUT2D eigenvalue weighted by atomic mass is 19.1. The van der Waals surface area contributed by atoms with Crippen LogP contribution in [0.1, 0.15) is 75.2 Å². The van der Waals surface area contributed by atoms with Crippen molar-refractivity contribution in [1.82, 2.24) is 45.5 Å². The fraction of sp³-hybridized carbons (Fsp3) is 0.371. The highest BCUT2D eigenvalue weighted by Crippen LogP contribution is 2.45. The molecule has 5 aromatic carbocycles. The van der Waals surface area contributed by atoms with E-state index >= 15 is 4.39 Å². The molecule has 4 saturated heterocycles. The van der Waals surface area contributed by atoms with Crippen LogP contribution in [0.2, 0.25) is 0 Å². The largest absolute Gasteiger partial charge is 0.508 e. The van der Waals surface area contributed by atoms with Gasteiger partial charge < -0.3 is 50.0 Å². The third-order valence-corrected chi connectivity index (χ3v) is 16.4. The molecule has 18 nitrogen and oxygen atoms in total. The molecule has 0 unspecified atom stereocenters. The summed E-state index contributed by atoms with van der Waals surface area (Å²) >= 11 is 0. The number of aliphatic hydroxyl groups excluding tert-OH is 2. The Bertz CT molecular complexity index is 3670. The first-order valence-corrected chi connectivity index (χ1v) is 28.1. The van der Waals surface area contributed by atoms with E-state index in [1.165, 1.54) is 21.7 Å². The number of nitrogens with one attached hydrogen (secondary N) is 2. The van der Waals surface area contributed by atoms with Crippen molar-refractivity contribution in [3.63, 3.8) is 0 Å². The summed E-state index contributed by atoms with van der Waals surface area (Å²) in [5.41, 5.74) is 5.35. The van der Waals surface area contributed by atoms with Crippen LogP contribution in [0.15, 0.2) is 109 Å². The Morgan fingerprint density at radius 2 is 1.70 bits per heavy atom. The number of aromatic nitrogens is 6. The van der Waals surface area contributed by atoms with Gasteiger partial charge in [-0.3, -0.25) is 14.6 Å². The van der Waals surface area contributed by atoms with Gasteiger partial charge in [-0.15, -0.1) is 5.10 Å². The number of likely N-dealkylation sites (tertiary alicyclic amines) is 1. The van der Waals surface area contributed by atoms with Gasteiger partial charge in [-0.2, -0.15) is 9.97 Å². The van der Waals surface area contributed by atoms with E-state index in [-0.39, 0.29) is 61.0 Å². The molecule has 424 valence electrons. The zero-order chi connectivity index (χ0) is 56.8. The Morgan fingerprint density at radius 3 is 2.41 bits per heavy atom. The Kier molecular flexibility index (Phi) is 15.3. The molecule has 4 fully saturated rings. The number of aliphatic hydroxyl groups is 2. The lowest BCUT2D eigenvalue weighted by molar-refractivity contribution is -0.142. The number of halogens is 2. The summed E-state index contributed by atoms with van der Waals surface area (Å²) in [6.45, 7) is 7.82. The van der Waals surface area contributed by atoms with Crippen LogP contribution in [0.5, 0.6) is 17.5 Å². The number of aryl methyl sites for hydroxylation is 1. The summed E-state index contributed by atoms with van der Waals surface area (Å²) in [6, 6.07) is 25.0. The first kappa shape index (κ1) is 54.4. The second-order valence-corrected chi connectivity index (χ2v) is 22.1. The number of rotatable bonds is 17. The van der Waals surface area contributed by atoms with Crippen molar-refractivity contribution in [2.24, 2.45) is 5.92 Å². The van der Waals surface area contributed by atoms with E-state index in [2.05, 4.69) is 25.8 Å². The van der Waals surface area contributed by atoms with Gasteiger partial charge in [-0.05, 0) is 76.1 Å². The van der Waals surface area contributed by atoms with Gasteiger partial charge in [0.2, 0.25) is 11.8 Å². The summed E-state index contributed by atoms with van der Waals surface area (Å²) in [7, 11) is 0. The molecule has 0 radical (unpaired) electrons. The minimum absolute atomic E-state index is 0.00554. The van der Waals surface area contributed by atoms with Crippen molar-refractivity contribution in [3.8, 4) is 51.2 Å². The highest BCUT2D eigenvalue weighted by molar-refractivity contribution is 6.04. The average Bonchev–Trinajstić information content (AvgIpc) is 3.68. The lowest BCUT2D eigenvalue weighted by Gasteiger charge is -2.30. The Morgan fingerprint density at radius 1 is 0.915 bits per heavy atom. The number of hydrogen-bond donors (Lipinski definition) is 5. The molecule has 3 aromatic heterocycles. The molecule has 4 aliphatic rings. The number of piperazine rings is 1. The van der Waals surface area contributed by atoms with Crippen LogP contribution in [-0.4, -0.2) is 132 Å². The molecule has 12 rings (SSSR count). The Balaban J connectivity index is 0.815. The molecule has 4 aliphatic heterocycles. The van der Waals surface area contributed by atoms with E-state index in [1.807, 2.05) is 45.0 Å². The van der Waals surface area contributed by atoms with Gasteiger partial charge in [0.1, 0.15) is 64.9 Å². The second kappa shape index (κ2) is 23.0. The maximum atomic E-state index is 15.7. The lowest BCUT2D eigenvalue weighted by atomic mass is 9.94. The summed E-state index contributed by atoms with van der Waals surface area (Å²) < 4.78 is 50.8. The fourth-order valence-electron chi connectivity index (χ4n) is 12.2. The minimum Gasteiger partial charge on any atom is -0.508 e. The van der Waals surface area contributed by atoms with E-state index < -0.39 is 42.7 Å². The predicted octanol–water partition coefficient (Wildman–Crippen LogP) is 8.01. The molecule has 2 bridgehead atoms. The SMILES string of the molecule is CCc1c(F)ccc2cc(O)cc(-c3ncc4c(N5C[C@@H]6C[C@H]5CN6)nc(OC5CCOCC5)nc4c3OCc3ccc(-c4cn([C@H](C(=O)N5C[C@H](O)C[C@H]5C(=O)N[C@@H](CO)c5ccc(-c6ccccc6F)cc5)C(C)C)nn4)cc3)c12. The molecule has 0 saturated carbocycles. The smallest absolute Gasteiger partial charge is 0.319 e. The topological polar surface area (TPSA) is 222 Å². The van der Waals surface area contributed by atoms with E-state index in [0.29, 0.717) is 117 Å². The number of β-amino-alcohol motifs (C(OH)–C–C–N with tert-alkyl or cyclic N) is 1. The third-order valence-electron chi connectivity index (χ3n) is 16.4. The maximum Gasteiger partial charge on any atom is 0.319 e. The summed E-state index contributed by atoms with van der Waals surface area (Å²) in [6.07, 6.45) is 5.00. The lowest BCUT2D eigenvalue weighted by Crippen LogP contribution is -2.50. The summed E-state index contributed by atoms with van der Waals surface area (Å²) in [5, 5.41) is 49.7. The Hall–Kier alpha value is -8.17. The van der Waals surface area contributed by atoms with Crippen molar-refractivity contribution in [3.05, 3.63) is 138 Å². The molecule has 5 N–H and O–H groups in total. The molecule has 82 heavy (non-hydrogen) atoms. The number of nitrogens with zero attached hydrogens (tertiary/aromatic N) is 8. The van der Waals surface area contributed by atoms with Gasteiger partial charge >= 0.3 is 6.01 Å². The van der Waals surface area contributed by atoms with Crippen LogP contribution in [0.4, 0.5) is 14.6 Å². The number of ether oxygens (including phenoxy) is 3. The van der Waals surface area contributed by atoms with E-state index in [0.717, 1.165) is 25.1 Å². The number of phenols is 1. The molecular formula is C62H64F2N10O8. The molecule has 6 atom stereocenters. The molecule has 7 heterocycles. The first-order chi connectivity index (χ1) is 39.8. The highest BCUT2D eigenvalue weighted by Gasteiger charge is 2.44. The van der Waals surface area contributed by atoms with Crippen LogP contribution < -0.4 is 25.0 Å². The van der Waals surface area contributed by atoms with Gasteiger partial charge in [0.25, 0.3) is 0 Å². The van der Waals surface area contributed by atoms with Gasteiger partial charge in [-0.25, -0.2) is 13.5 Å².